The van der Waals surface area contributed by atoms with Crippen molar-refractivity contribution in [3.05, 3.63) is 169 Å². The molecule has 222 valence electrons. The lowest BCUT2D eigenvalue weighted by atomic mass is 10.0. The third-order valence-electron chi connectivity index (χ3n) is 8.42. The van der Waals surface area contributed by atoms with Crippen LogP contribution in [0.5, 0.6) is 0 Å². The number of benzene rings is 6. The van der Waals surface area contributed by atoms with Crippen molar-refractivity contribution in [3.8, 4) is 67.7 Å². The van der Waals surface area contributed by atoms with Crippen LogP contribution < -0.4 is 0 Å². The Morgan fingerprint density at radius 3 is 1.15 bits per heavy atom. The number of fused-ring (bicyclic) bond motifs is 1. The van der Waals surface area contributed by atoms with E-state index in [1.54, 1.807) is 0 Å². The number of hydrogen-bond donors (Lipinski definition) is 0. The lowest BCUT2D eigenvalue weighted by molar-refractivity contribution is 1.07. The normalized spacial score (nSPS) is 11.1. The summed E-state index contributed by atoms with van der Waals surface area (Å²) in [6, 6.07) is 56.5. The molecular formula is C43H30N4. The molecule has 2 heterocycles. The molecule has 0 aliphatic heterocycles. The molecule has 0 aliphatic carbocycles. The van der Waals surface area contributed by atoms with Crippen LogP contribution in [0.1, 0.15) is 5.69 Å². The van der Waals surface area contributed by atoms with E-state index in [1.807, 2.05) is 19.1 Å². The van der Waals surface area contributed by atoms with Gasteiger partial charge in [0, 0.05) is 33.3 Å². The summed E-state index contributed by atoms with van der Waals surface area (Å²) in [6.07, 6.45) is 0. The summed E-state index contributed by atoms with van der Waals surface area (Å²) >= 11 is 0. The van der Waals surface area contributed by atoms with E-state index in [-0.39, 0.29) is 0 Å². The molecule has 8 aromatic rings. The van der Waals surface area contributed by atoms with Crippen molar-refractivity contribution in [1.29, 1.82) is 0 Å². The summed E-state index contributed by atoms with van der Waals surface area (Å²) in [7, 11) is 0. The van der Waals surface area contributed by atoms with Gasteiger partial charge in [-0.1, -0.05) is 158 Å². The maximum Gasteiger partial charge on any atom is 0.164 e. The van der Waals surface area contributed by atoms with Gasteiger partial charge in [-0.15, -0.1) is 0 Å². The van der Waals surface area contributed by atoms with Crippen LogP contribution in [0.4, 0.5) is 0 Å². The Hall–Kier alpha value is -6.26. The molecule has 47 heavy (non-hydrogen) atoms. The van der Waals surface area contributed by atoms with Crippen molar-refractivity contribution >= 4 is 10.8 Å². The van der Waals surface area contributed by atoms with E-state index < -0.39 is 0 Å². The number of nitrogens with zero attached hydrogens (tertiary/aromatic N) is 4. The average Bonchev–Trinajstić information content (AvgIpc) is 3.15. The molecule has 0 aliphatic rings. The third-order valence-corrected chi connectivity index (χ3v) is 8.42. The zero-order valence-corrected chi connectivity index (χ0v) is 25.9. The molecule has 0 saturated heterocycles. The standard InChI is InChI=1S/C43H30N4/c1-29-28-38-14-8-9-15-39(38)40(44-29)34-20-26-37(27-21-34)43-46-41(35-22-16-32(17-23-35)30-10-4-2-5-11-30)45-42(47-43)36-24-18-33(19-25-36)31-12-6-3-7-13-31/h2-28H,1H3. The fourth-order valence-electron chi connectivity index (χ4n) is 5.98. The van der Waals surface area contributed by atoms with Gasteiger partial charge in [0.1, 0.15) is 0 Å². The predicted octanol–water partition coefficient (Wildman–Crippen LogP) is 10.7. The van der Waals surface area contributed by atoms with Crippen LogP contribution in [-0.4, -0.2) is 19.9 Å². The molecular weight excluding hydrogens is 573 g/mol. The highest BCUT2D eigenvalue weighted by Crippen LogP contribution is 2.31. The highest BCUT2D eigenvalue weighted by molar-refractivity contribution is 5.95. The van der Waals surface area contributed by atoms with Crippen molar-refractivity contribution in [2.75, 3.05) is 0 Å². The van der Waals surface area contributed by atoms with Gasteiger partial charge < -0.3 is 0 Å². The van der Waals surface area contributed by atoms with Crippen molar-refractivity contribution in [2.45, 2.75) is 6.92 Å². The Bertz CT molecular complexity index is 2210. The first-order chi connectivity index (χ1) is 23.2. The lowest BCUT2D eigenvalue weighted by Gasteiger charge is -2.11. The quantitative estimate of drug-likeness (QED) is 0.190. The fraction of sp³-hybridized carbons (Fsp3) is 0.0233. The van der Waals surface area contributed by atoms with Gasteiger partial charge in [-0.3, -0.25) is 4.98 Å². The van der Waals surface area contributed by atoms with Crippen LogP contribution in [0, 0.1) is 6.92 Å². The Labute approximate surface area is 274 Å². The third kappa shape index (κ3) is 5.81. The second-order valence-electron chi connectivity index (χ2n) is 11.6. The van der Waals surface area contributed by atoms with Crippen molar-refractivity contribution in [3.63, 3.8) is 0 Å². The maximum atomic E-state index is 5.00. The Morgan fingerprint density at radius 2 is 0.681 bits per heavy atom. The summed E-state index contributed by atoms with van der Waals surface area (Å²) < 4.78 is 0. The molecule has 0 radical (unpaired) electrons. The number of pyridine rings is 1. The van der Waals surface area contributed by atoms with Gasteiger partial charge in [-0.05, 0) is 40.6 Å². The summed E-state index contributed by atoms with van der Waals surface area (Å²) in [4.78, 5) is 19.9. The van der Waals surface area contributed by atoms with Crippen molar-refractivity contribution in [2.24, 2.45) is 0 Å². The molecule has 2 aromatic heterocycles. The van der Waals surface area contributed by atoms with Crippen LogP contribution in [0.25, 0.3) is 78.4 Å². The monoisotopic (exact) mass is 602 g/mol. The second kappa shape index (κ2) is 12.3. The average molecular weight is 603 g/mol. The van der Waals surface area contributed by atoms with Crippen LogP contribution in [0.2, 0.25) is 0 Å². The van der Waals surface area contributed by atoms with E-state index in [1.165, 1.54) is 16.5 Å². The molecule has 6 aromatic carbocycles. The molecule has 0 saturated carbocycles. The van der Waals surface area contributed by atoms with E-state index >= 15 is 0 Å². The SMILES string of the molecule is Cc1cc2ccccc2c(-c2ccc(-c3nc(-c4ccc(-c5ccccc5)cc4)nc(-c4ccc(-c5ccccc5)cc4)n3)cc2)n1. The molecule has 0 unspecified atom stereocenters. The highest BCUT2D eigenvalue weighted by Gasteiger charge is 2.14. The summed E-state index contributed by atoms with van der Waals surface area (Å²) in [5.41, 5.74) is 10.4. The summed E-state index contributed by atoms with van der Waals surface area (Å²) in [5, 5.41) is 2.32. The van der Waals surface area contributed by atoms with Gasteiger partial charge in [0.05, 0.1) is 5.69 Å². The molecule has 8 rings (SSSR count). The second-order valence-corrected chi connectivity index (χ2v) is 11.6. The van der Waals surface area contributed by atoms with Crippen LogP contribution >= 0.6 is 0 Å². The van der Waals surface area contributed by atoms with Gasteiger partial charge in [0.15, 0.2) is 17.5 Å². The molecule has 0 spiro atoms. The zero-order chi connectivity index (χ0) is 31.6. The molecule has 0 bridgehead atoms. The van der Waals surface area contributed by atoms with Crippen LogP contribution in [-0.2, 0) is 0 Å². The number of aromatic nitrogens is 4. The van der Waals surface area contributed by atoms with Gasteiger partial charge in [0.2, 0.25) is 0 Å². The Kier molecular flexibility index (Phi) is 7.37. The summed E-state index contributed by atoms with van der Waals surface area (Å²) in [5.74, 6) is 1.89. The molecule has 0 fully saturated rings. The van der Waals surface area contributed by atoms with Crippen molar-refractivity contribution < 1.29 is 0 Å². The first-order valence-corrected chi connectivity index (χ1v) is 15.7. The number of rotatable bonds is 6. The van der Waals surface area contributed by atoms with Gasteiger partial charge in [-0.2, -0.15) is 0 Å². The fourth-order valence-corrected chi connectivity index (χ4v) is 5.98. The molecule has 0 amide bonds. The first kappa shape index (κ1) is 28.2. The topological polar surface area (TPSA) is 51.6 Å². The molecule has 0 atom stereocenters. The lowest BCUT2D eigenvalue weighted by Crippen LogP contribution is -2.00. The minimum atomic E-state index is 0.623. The largest absolute Gasteiger partial charge is 0.252 e. The Morgan fingerprint density at radius 1 is 0.319 bits per heavy atom. The van der Waals surface area contributed by atoms with E-state index in [2.05, 4.69) is 152 Å². The Balaban J connectivity index is 1.20. The van der Waals surface area contributed by atoms with E-state index in [0.717, 1.165) is 50.2 Å². The van der Waals surface area contributed by atoms with E-state index in [9.17, 15) is 0 Å². The summed E-state index contributed by atoms with van der Waals surface area (Å²) in [6.45, 7) is 2.04. The van der Waals surface area contributed by atoms with E-state index in [0.29, 0.717) is 17.5 Å². The van der Waals surface area contributed by atoms with Gasteiger partial charge in [0.25, 0.3) is 0 Å². The zero-order valence-electron chi connectivity index (χ0n) is 25.9. The van der Waals surface area contributed by atoms with Crippen LogP contribution in [0.3, 0.4) is 0 Å². The molecule has 0 N–H and O–H groups in total. The van der Waals surface area contributed by atoms with Gasteiger partial charge >= 0.3 is 0 Å². The molecule has 4 nitrogen and oxygen atoms in total. The van der Waals surface area contributed by atoms with Crippen LogP contribution in [0.15, 0.2) is 164 Å². The minimum absolute atomic E-state index is 0.623. The first-order valence-electron chi connectivity index (χ1n) is 15.7. The van der Waals surface area contributed by atoms with E-state index in [4.69, 9.17) is 19.9 Å². The number of hydrogen-bond acceptors (Lipinski definition) is 4. The minimum Gasteiger partial charge on any atom is -0.252 e. The predicted molar refractivity (Wildman–Crippen MR) is 192 cm³/mol. The number of aryl methyl sites for hydroxylation is 1. The smallest absolute Gasteiger partial charge is 0.164 e. The maximum absolute atomic E-state index is 5.00. The molecule has 4 heteroatoms. The van der Waals surface area contributed by atoms with Gasteiger partial charge in [-0.25, -0.2) is 15.0 Å². The highest BCUT2D eigenvalue weighted by atomic mass is 15.0. The van der Waals surface area contributed by atoms with Crippen molar-refractivity contribution in [1.82, 2.24) is 19.9 Å².